The molecule has 1 heterocycles. The molecule has 0 aromatic rings. The number of guanidine groups is 1. The number of nitrogens with one attached hydrogen (secondary N) is 1. The first-order valence-electron chi connectivity index (χ1n) is 7.14. The SMILES string of the molecule is CCCCN=C(NN)N1CCC2CCCCC21. The highest BCUT2D eigenvalue weighted by Crippen LogP contribution is 2.35. The molecule has 1 aliphatic heterocycles. The molecule has 1 saturated heterocycles. The van der Waals surface area contributed by atoms with E-state index in [1.165, 1.54) is 38.5 Å². The van der Waals surface area contributed by atoms with E-state index in [4.69, 9.17) is 5.84 Å². The molecule has 4 heteroatoms. The minimum Gasteiger partial charge on any atom is -0.339 e. The quantitative estimate of drug-likeness (QED) is 0.259. The van der Waals surface area contributed by atoms with Crippen LogP contribution in [0.2, 0.25) is 0 Å². The second-order valence-electron chi connectivity index (χ2n) is 5.30. The Hall–Kier alpha value is -0.770. The maximum Gasteiger partial charge on any atom is 0.208 e. The molecule has 0 bridgehead atoms. The molecule has 0 aromatic heterocycles. The number of unbranched alkanes of at least 4 members (excludes halogenated alkanes) is 1. The lowest BCUT2D eigenvalue weighted by molar-refractivity contribution is 0.249. The first-order chi connectivity index (χ1) is 8.36. The molecule has 0 amide bonds. The van der Waals surface area contributed by atoms with Crippen LogP contribution in [-0.2, 0) is 0 Å². The van der Waals surface area contributed by atoms with E-state index in [9.17, 15) is 0 Å². The largest absolute Gasteiger partial charge is 0.339 e. The summed E-state index contributed by atoms with van der Waals surface area (Å²) in [5, 5.41) is 0. The van der Waals surface area contributed by atoms with Gasteiger partial charge in [0.25, 0.3) is 0 Å². The summed E-state index contributed by atoms with van der Waals surface area (Å²) in [6.07, 6.45) is 9.14. The highest BCUT2D eigenvalue weighted by atomic mass is 15.4. The van der Waals surface area contributed by atoms with E-state index in [1.807, 2.05) is 0 Å². The van der Waals surface area contributed by atoms with Gasteiger partial charge in [-0.25, -0.2) is 5.84 Å². The van der Waals surface area contributed by atoms with Gasteiger partial charge in [-0.1, -0.05) is 26.2 Å². The zero-order chi connectivity index (χ0) is 12.1. The Morgan fingerprint density at radius 3 is 2.94 bits per heavy atom. The van der Waals surface area contributed by atoms with Crippen LogP contribution in [-0.4, -0.2) is 30.0 Å². The maximum atomic E-state index is 5.63. The standard InChI is InChI=1S/C13H26N4/c1-2-3-9-15-13(16-14)17-10-8-11-6-4-5-7-12(11)17/h11-12H,2-10,14H2,1H3,(H,15,16). The van der Waals surface area contributed by atoms with Crippen molar-refractivity contribution >= 4 is 5.96 Å². The first-order valence-corrected chi connectivity index (χ1v) is 7.14. The summed E-state index contributed by atoms with van der Waals surface area (Å²) in [5.74, 6) is 7.44. The fourth-order valence-electron chi connectivity index (χ4n) is 3.23. The van der Waals surface area contributed by atoms with Crippen molar-refractivity contribution in [1.82, 2.24) is 10.3 Å². The molecule has 17 heavy (non-hydrogen) atoms. The van der Waals surface area contributed by atoms with Gasteiger partial charge in [0.15, 0.2) is 0 Å². The van der Waals surface area contributed by atoms with E-state index in [0.717, 1.165) is 31.4 Å². The number of rotatable bonds is 3. The van der Waals surface area contributed by atoms with Crippen molar-refractivity contribution in [3.63, 3.8) is 0 Å². The minimum absolute atomic E-state index is 0.695. The minimum atomic E-state index is 0.695. The average Bonchev–Trinajstić information content (AvgIpc) is 2.79. The molecule has 0 aromatic carbocycles. The molecule has 1 aliphatic carbocycles. The van der Waals surface area contributed by atoms with Crippen LogP contribution in [0.4, 0.5) is 0 Å². The fraction of sp³-hybridized carbons (Fsp3) is 0.923. The number of aliphatic imine (C=N–C) groups is 1. The Kier molecular flexibility index (Phi) is 4.66. The number of fused-ring (bicyclic) bond motifs is 1. The number of nitrogens with two attached hydrogens (primary N) is 1. The number of hydrazine groups is 1. The molecular weight excluding hydrogens is 212 g/mol. The smallest absolute Gasteiger partial charge is 0.208 e. The van der Waals surface area contributed by atoms with E-state index in [-0.39, 0.29) is 0 Å². The Labute approximate surface area is 105 Å². The summed E-state index contributed by atoms with van der Waals surface area (Å²) < 4.78 is 0. The van der Waals surface area contributed by atoms with Gasteiger partial charge in [0, 0.05) is 19.1 Å². The predicted molar refractivity (Wildman–Crippen MR) is 71.6 cm³/mol. The van der Waals surface area contributed by atoms with E-state index in [0.29, 0.717) is 6.04 Å². The third kappa shape index (κ3) is 2.92. The van der Waals surface area contributed by atoms with E-state index >= 15 is 0 Å². The lowest BCUT2D eigenvalue weighted by Crippen LogP contribution is -2.48. The Morgan fingerprint density at radius 2 is 2.18 bits per heavy atom. The number of hydrogen-bond donors (Lipinski definition) is 2. The highest BCUT2D eigenvalue weighted by molar-refractivity contribution is 5.80. The fourth-order valence-corrected chi connectivity index (χ4v) is 3.23. The molecule has 0 spiro atoms. The zero-order valence-corrected chi connectivity index (χ0v) is 11.0. The topological polar surface area (TPSA) is 53.6 Å². The molecule has 98 valence electrons. The Balaban J connectivity index is 1.97. The molecule has 1 saturated carbocycles. The van der Waals surface area contributed by atoms with Gasteiger partial charge in [-0.2, -0.15) is 0 Å². The summed E-state index contributed by atoms with van der Waals surface area (Å²) in [4.78, 5) is 7.03. The summed E-state index contributed by atoms with van der Waals surface area (Å²) in [5.41, 5.74) is 2.81. The van der Waals surface area contributed by atoms with E-state index in [2.05, 4.69) is 22.2 Å². The zero-order valence-electron chi connectivity index (χ0n) is 11.0. The van der Waals surface area contributed by atoms with Gasteiger partial charge in [-0.3, -0.25) is 10.4 Å². The van der Waals surface area contributed by atoms with Crippen molar-refractivity contribution in [3.05, 3.63) is 0 Å². The lowest BCUT2D eigenvalue weighted by atomic mass is 9.85. The van der Waals surface area contributed by atoms with Crippen molar-refractivity contribution in [2.45, 2.75) is 57.9 Å². The monoisotopic (exact) mass is 238 g/mol. The summed E-state index contributed by atoms with van der Waals surface area (Å²) in [6, 6.07) is 0.695. The summed E-state index contributed by atoms with van der Waals surface area (Å²) in [7, 11) is 0. The molecule has 3 N–H and O–H groups in total. The summed E-state index contributed by atoms with van der Waals surface area (Å²) >= 11 is 0. The normalized spacial score (nSPS) is 29.3. The van der Waals surface area contributed by atoms with Gasteiger partial charge >= 0.3 is 0 Å². The second kappa shape index (κ2) is 6.24. The van der Waals surface area contributed by atoms with Crippen LogP contribution < -0.4 is 11.3 Å². The predicted octanol–water partition coefficient (Wildman–Crippen LogP) is 1.87. The van der Waals surface area contributed by atoms with Crippen LogP contribution >= 0.6 is 0 Å². The van der Waals surface area contributed by atoms with Gasteiger partial charge in [0.2, 0.25) is 5.96 Å². The van der Waals surface area contributed by atoms with Crippen molar-refractivity contribution < 1.29 is 0 Å². The van der Waals surface area contributed by atoms with Crippen molar-refractivity contribution in [1.29, 1.82) is 0 Å². The lowest BCUT2D eigenvalue weighted by Gasteiger charge is -2.33. The van der Waals surface area contributed by atoms with Crippen molar-refractivity contribution in [2.24, 2.45) is 16.8 Å². The molecule has 2 aliphatic rings. The van der Waals surface area contributed by atoms with Gasteiger partial charge in [-0.15, -0.1) is 0 Å². The molecule has 4 nitrogen and oxygen atoms in total. The first kappa shape index (κ1) is 12.7. The van der Waals surface area contributed by atoms with E-state index < -0.39 is 0 Å². The summed E-state index contributed by atoms with van der Waals surface area (Å²) in [6.45, 7) is 4.21. The van der Waals surface area contributed by atoms with E-state index in [1.54, 1.807) is 0 Å². The number of nitrogens with zero attached hydrogens (tertiary/aromatic N) is 2. The van der Waals surface area contributed by atoms with Gasteiger partial charge < -0.3 is 4.90 Å². The van der Waals surface area contributed by atoms with Crippen LogP contribution in [0.1, 0.15) is 51.9 Å². The number of hydrogen-bond acceptors (Lipinski definition) is 2. The Bertz CT molecular complexity index is 264. The third-order valence-corrected chi connectivity index (χ3v) is 4.18. The molecule has 2 fully saturated rings. The Morgan fingerprint density at radius 1 is 1.35 bits per heavy atom. The molecule has 0 radical (unpaired) electrons. The van der Waals surface area contributed by atoms with Gasteiger partial charge in [0.05, 0.1) is 0 Å². The van der Waals surface area contributed by atoms with Crippen LogP contribution in [0, 0.1) is 5.92 Å². The van der Waals surface area contributed by atoms with Crippen LogP contribution in [0.5, 0.6) is 0 Å². The molecular formula is C13H26N4. The van der Waals surface area contributed by atoms with Crippen LogP contribution in [0.15, 0.2) is 4.99 Å². The molecule has 2 atom stereocenters. The third-order valence-electron chi connectivity index (χ3n) is 4.18. The second-order valence-corrected chi connectivity index (χ2v) is 5.30. The van der Waals surface area contributed by atoms with Crippen molar-refractivity contribution in [2.75, 3.05) is 13.1 Å². The van der Waals surface area contributed by atoms with Gasteiger partial charge in [-0.05, 0) is 31.6 Å². The van der Waals surface area contributed by atoms with Gasteiger partial charge in [0.1, 0.15) is 0 Å². The highest BCUT2D eigenvalue weighted by Gasteiger charge is 2.36. The molecule has 2 unspecified atom stereocenters. The maximum absolute atomic E-state index is 5.63. The van der Waals surface area contributed by atoms with Crippen molar-refractivity contribution in [3.8, 4) is 0 Å². The van der Waals surface area contributed by atoms with Crippen LogP contribution in [0.25, 0.3) is 0 Å². The van der Waals surface area contributed by atoms with Crippen LogP contribution in [0.3, 0.4) is 0 Å². The molecule has 2 rings (SSSR count). The average molecular weight is 238 g/mol. The number of likely N-dealkylation sites (tertiary alicyclic amines) is 1.